The first kappa shape index (κ1) is 23.9. The van der Waals surface area contributed by atoms with Gasteiger partial charge in [0.05, 0.1) is 12.3 Å². The Morgan fingerprint density at radius 3 is 2.44 bits per heavy atom. The number of alkyl halides is 3. The molecule has 3 rings (SSSR count). The van der Waals surface area contributed by atoms with Gasteiger partial charge >= 0.3 is 6.18 Å². The van der Waals surface area contributed by atoms with Gasteiger partial charge in [0.15, 0.2) is 6.10 Å². The number of carbonyl (C=O) groups excluding carboxylic acids is 2. The Morgan fingerprint density at radius 2 is 1.81 bits per heavy atom. The maximum Gasteiger partial charge on any atom is 0.405 e. The molecule has 0 aliphatic carbocycles. The third-order valence-corrected chi connectivity index (χ3v) is 5.06. The number of aryl methyl sites for hydroxylation is 1. The number of hydrogen-bond acceptors (Lipinski definition) is 4. The van der Waals surface area contributed by atoms with Crippen molar-refractivity contribution in [2.24, 2.45) is 5.16 Å². The van der Waals surface area contributed by atoms with Gasteiger partial charge in [0.25, 0.3) is 5.91 Å². The van der Waals surface area contributed by atoms with Crippen LogP contribution >= 0.6 is 23.2 Å². The summed E-state index contributed by atoms with van der Waals surface area (Å²) in [5.74, 6) is -1.51. The Labute approximate surface area is 191 Å². The quantitative estimate of drug-likeness (QED) is 0.625. The van der Waals surface area contributed by atoms with Crippen LogP contribution in [-0.2, 0) is 9.63 Å². The van der Waals surface area contributed by atoms with E-state index in [1.54, 1.807) is 48.6 Å². The maximum absolute atomic E-state index is 12.3. The van der Waals surface area contributed by atoms with Gasteiger partial charge in [0, 0.05) is 22.0 Å². The van der Waals surface area contributed by atoms with Crippen LogP contribution in [-0.4, -0.2) is 36.8 Å². The van der Waals surface area contributed by atoms with Crippen LogP contribution in [0.2, 0.25) is 10.0 Å². The lowest BCUT2D eigenvalue weighted by molar-refractivity contribution is -0.137. The molecule has 6 nitrogen and oxygen atoms in total. The number of hydrogen-bond donors (Lipinski definition) is 2. The van der Waals surface area contributed by atoms with E-state index in [1.165, 1.54) is 0 Å². The largest absolute Gasteiger partial charge is 0.405 e. The standard InChI is InChI=1S/C21H18Cl2F3N3O3/c1-11-4-12(17-8-18(32-29-17)13-5-14(22)7-15(23)6-13)2-3-16(11)20(31)27-9-19(30)28-10-21(24,25)26/h2-7,18H,8-10H2,1H3,(H,27,31)(H,28,30)/t18-/m0/s1. The van der Waals surface area contributed by atoms with Crippen molar-refractivity contribution in [3.63, 3.8) is 0 Å². The first-order valence-electron chi connectivity index (χ1n) is 9.43. The molecule has 0 unspecified atom stereocenters. The molecule has 32 heavy (non-hydrogen) atoms. The topological polar surface area (TPSA) is 79.8 Å². The van der Waals surface area contributed by atoms with Crippen molar-refractivity contribution in [1.82, 2.24) is 10.6 Å². The van der Waals surface area contributed by atoms with Crippen LogP contribution in [0.4, 0.5) is 13.2 Å². The van der Waals surface area contributed by atoms with E-state index < -0.39 is 31.1 Å². The van der Waals surface area contributed by atoms with Gasteiger partial charge < -0.3 is 15.5 Å². The number of halogens is 5. The van der Waals surface area contributed by atoms with Crippen LogP contribution in [0, 0.1) is 6.92 Å². The highest BCUT2D eigenvalue weighted by molar-refractivity contribution is 6.34. The Balaban J connectivity index is 1.60. The number of benzene rings is 2. The van der Waals surface area contributed by atoms with Crippen LogP contribution in [0.1, 0.15) is 39.6 Å². The highest BCUT2D eigenvalue weighted by atomic mass is 35.5. The first-order chi connectivity index (χ1) is 15.0. The molecule has 1 heterocycles. The second-order valence-corrected chi connectivity index (χ2v) is 8.02. The summed E-state index contributed by atoms with van der Waals surface area (Å²) in [5, 5.41) is 9.10. The van der Waals surface area contributed by atoms with Crippen molar-refractivity contribution < 1.29 is 27.6 Å². The van der Waals surface area contributed by atoms with Gasteiger partial charge in [0.1, 0.15) is 6.54 Å². The highest BCUT2D eigenvalue weighted by Crippen LogP contribution is 2.33. The molecule has 2 N–H and O–H groups in total. The van der Waals surface area contributed by atoms with E-state index in [9.17, 15) is 22.8 Å². The number of carbonyl (C=O) groups is 2. The van der Waals surface area contributed by atoms with Crippen LogP contribution in [0.5, 0.6) is 0 Å². The summed E-state index contributed by atoms with van der Waals surface area (Å²) in [6.07, 6.45) is -4.39. The second-order valence-electron chi connectivity index (χ2n) is 7.14. The third-order valence-electron chi connectivity index (χ3n) is 4.63. The lowest BCUT2D eigenvalue weighted by Gasteiger charge is -2.11. The van der Waals surface area contributed by atoms with Gasteiger partial charge in [-0.25, -0.2) is 0 Å². The minimum Gasteiger partial charge on any atom is -0.387 e. The van der Waals surface area contributed by atoms with E-state index >= 15 is 0 Å². The van der Waals surface area contributed by atoms with E-state index in [-0.39, 0.29) is 11.7 Å². The molecule has 1 aliphatic rings. The molecule has 11 heteroatoms. The number of amides is 2. The summed E-state index contributed by atoms with van der Waals surface area (Å²) < 4.78 is 36.4. The van der Waals surface area contributed by atoms with Gasteiger partial charge in [-0.15, -0.1) is 0 Å². The monoisotopic (exact) mass is 487 g/mol. The molecule has 2 aromatic carbocycles. The second kappa shape index (κ2) is 9.79. The molecule has 0 bridgehead atoms. The minimum absolute atomic E-state index is 0.287. The first-order valence-corrected chi connectivity index (χ1v) is 10.2. The molecule has 0 radical (unpaired) electrons. The molecule has 1 aliphatic heterocycles. The summed E-state index contributed by atoms with van der Waals surface area (Å²) in [4.78, 5) is 29.3. The number of oxime groups is 1. The van der Waals surface area contributed by atoms with Gasteiger partial charge in [-0.3, -0.25) is 9.59 Å². The van der Waals surface area contributed by atoms with Crippen LogP contribution in [0.3, 0.4) is 0 Å². The number of nitrogens with one attached hydrogen (secondary N) is 2. The van der Waals surface area contributed by atoms with Gasteiger partial charge in [-0.1, -0.05) is 34.4 Å². The van der Waals surface area contributed by atoms with Gasteiger partial charge in [-0.05, 0) is 53.9 Å². The zero-order valence-corrected chi connectivity index (χ0v) is 18.2. The Kier molecular flexibility index (Phi) is 7.30. The zero-order chi connectivity index (χ0) is 23.5. The molecular weight excluding hydrogens is 470 g/mol. The fraction of sp³-hybridized carbons (Fsp3) is 0.286. The van der Waals surface area contributed by atoms with Crippen molar-refractivity contribution in [3.05, 3.63) is 68.7 Å². The summed E-state index contributed by atoms with van der Waals surface area (Å²) in [6.45, 7) is -0.324. The zero-order valence-electron chi connectivity index (χ0n) is 16.7. The third kappa shape index (κ3) is 6.37. The van der Waals surface area contributed by atoms with Crippen molar-refractivity contribution in [2.45, 2.75) is 25.6 Å². The average Bonchev–Trinajstić information content (AvgIpc) is 3.19. The van der Waals surface area contributed by atoms with Crippen LogP contribution in [0.25, 0.3) is 0 Å². The Hall–Kier alpha value is -2.78. The van der Waals surface area contributed by atoms with E-state index in [2.05, 4.69) is 10.5 Å². The number of nitrogens with zero attached hydrogens (tertiary/aromatic N) is 1. The molecule has 0 aromatic heterocycles. The fourth-order valence-corrected chi connectivity index (χ4v) is 3.65. The molecule has 0 spiro atoms. The summed E-state index contributed by atoms with van der Waals surface area (Å²) >= 11 is 12.1. The van der Waals surface area contributed by atoms with Gasteiger partial charge in [-0.2, -0.15) is 13.2 Å². The molecule has 1 atom stereocenters. The van der Waals surface area contributed by atoms with Crippen molar-refractivity contribution in [2.75, 3.05) is 13.1 Å². The smallest absolute Gasteiger partial charge is 0.387 e. The summed E-state index contributed by atoms with van der Waals surface area (Å²) in [6, 6.07) is 10.1. The van der Waals surface area contributed by atoms with Crippen molar-refractivity contribution >= 4 is 40.7 Å². The molecular formula is C21H18Cl2F3N3O3. The van der Waals surface area contributed by atoms with Crippen LogP contribution < -0.4 is 10.6 Å². The molecule has 0 saturated carbocycles. The highest BCUT2D eigenvalue weighted by Gasteiger charge is 2.28. The molecule has 0 fully saturated rings. The normalized spacial score (nSPS) is 15.7. The molecule has 2 aromatic rings. The van der Waals surface area contributed by atoms with Gasteiger partial charge in [0.2, 0.25) is 5.91 Å². The van der Waals surface area contributed by atoms with E-state index in [0.29, 0.717) is 27.7 Å². The van der Waals surface area contributed by atoms with Crippen molar-refractivity contribution in [3.8, 4) is 0 Å². The van der Waals surface area contributed by atoms with E-state index in [1.807, 2.05) is 0 Å². The van der Waals surface area contributed by atoms with E-state index in [4.69, 9.17) is 28.0 Å². The van der Waals surface area contributed by atoms with E-state index in [0.717, 1.165) is 11.1 Å². The SMILES string of the molecule is Cc1cc(C2=NO[C@H](c3cc(Cl)cc(Cl)c3)C2)ccc1C(=O)NCC(=O)NCC(F)(F)F. The lowest BCUT2D eigenvalue weighted by atomic mass is 9.97. The maximum atomic E-state index is 12.3. The Bertz CT molecular complexity index is 1050. The predicted molar refractivity (Wildman–Crippen MR) is 114 cm³/mol. The lowest BCUT2D eigenvalue weighted by Crippen LogP contribution is -2.41. The Morgan fingerprint density at radius 1 is 1.12 bits per heavy atom. The molecule has 0 saturated heterocycles. The molecule has 170 valence electrons. The summed E-state index contributed by atoms with van der Waals surface area (Å²) in [7, 11) is 0. The summed E-state index contributed by atoms with van der Waals surface area (Å²) in [5.41, 5.74) is 3.10. The fourth-order valence-electron chi connectivity index (χ4n) is 3.10. The number of rotatable bonds is 6. The molecule has 2 amide bonds. The van der Waals surface area contributed by atoms with Crippen LogP contribution in [0.15, 0.2) is 41.6 Å². The minimum atomic E-state index is -4.52. The predicted octanol–water partition coefficient (Wildman–Crippen LogP) is 4.58. The average molecular weight is 488 g/mol. The van der Waals surface area contributed by atoms with Crippen molar-refractivity contribution in [1.29, 1.82) is 0 Å².